The van der Waals surface area contributed by atoms with Crippen molar-refractivity contribution < 1.29 is 4.79 Å². The number of thiazole rings is 1. The molecule has 1 heterocycles. The van der Waals surface area contributed by atoms with Gasteiger partial charge in [-0.3, -0.25) is 4.79 Å². The second kappa shape index (κ2) is 6.71. The van der Waals surface area contributed by atoms with Gasteiger partial charge in [0.05, 0.1) is 16.4 Å². The molecule has 0 aliphatic carbocycles. The number of nitrogens with one attached hydrogen (secondary N) is 1. The molecule has 3 nitrogen and oxygen atoms in total. The summed E-state index contributed by atoms with van der Waals surface area (Å²) < 4.78 is 0. The molecule has 0 fully saturated rings. The minimum atomic E-state index is -0.221. The number of rotatable bonds is 3. The lowest BCUT2D eigenvalue weighted by molar-refractivity contribution is 0.103. The number of para-hydroxylation sites is 1. The van der Waals surface area contributed by atoms with Crippen molar-refractivity contribution in [3.05, 3.63) is 69.1 Å². The Balaban J connectivity index is 1.89. The molecule has 1 N–H and O–H groups in total. The quantitative estimate of drug-likeness (QED) is 0.651. The molecule has 23 heavy (non-hydrogen) atoms. The Bertz CT molecular complexity index is 877. The lowest BCUT2D eigenvalue weighted by atomic mass is 10.2. The molecule has 0 atom stereocenters. The number of hydrogen-bond donors (Lipinski definition) is 1. The van der Waals surface area contributed by atoms with E-state index in [4.69, 9.17) is 23.2 Å². The lowest BCUT2D eigenvalue weighted by Crippen LogP contribution is -2.11. The minimum Gasteiger partial charge on any atom is -0.320 e. The van der Waals surface area contributed by atoms with E-state index in [9.17, 15) is 4.79 Å². The average Bonchev–Trinajstić information content (AvgIpc) is 2.92. The Hall–Kier alpha value is -1.88. The first kappa shape index (κ1) is 16.0. The number of aryl methyl sites for hydroxylation is 1. The van der Waals surface area contributed by atoms with E-state index in [1.54, 1.807) is 18.2 Å². The fourth-order valence-corrected chi connectivity index (χ4v) is 3.42. The molecule has 6 heteroatoms. The van der Waals surface area contributed by atoms with E-state index < -0.39 is 0 Å². The van der Waals surface area contributed by atoms with E-state index in [0.29, 0.717) is 26.3 Å². The molecule has 1 amide bonds. The Morgan fingerprint density at radius 2 is 1.91 bits per heavy atom. The zero-order chi connectivity index (χ0) is 16.4. The van der Waals surface area contributed by atoms with Crippen molar-refractivity contribution in [1.82, 2.24) is 4.98 Å². The van der Waals surface area contributed by atoms with Gasteiger partial charge in [-0.25, -0.2) is 4.98 Å². The van der Waals surface area contributed by atoms with E-state index in [1.165, 1.54) is 11.3 Å². The molecule has 1 aromatic heterocycles. The van der Waals surface area contributed by atoms with Gasteiger partial charge in [0.2, 0.25) is 0 Å². The second-order valence-corrected chi connectivity index (χ2v) is 6.72. The van der Waals surface area contributed by atoms with Crippen molar-refractivity contribution in [2.24, 2.45) is 0 Å². The van der Waals surface area contributed by atoms with Gasteiger partial charge >= 0.3 is 0 Å². The van der Waals surface area contributed by atoms with Gasteiger partial charge in [0.1, 0.15) is 9.88 Å². The molecule has 0 aliphatic heterocycles. The standard InChI is InChI=1S/C17H12Cl2N2OS/c1-10-15(16(22)21-14-8-3-2-7-13(14)19)23-17(20-10)11-5-4-6-12(18)9-11/h2-9H,1H3,(H,21,22). The molecule has 0 bridgehead atoms. The van der Waals surface area contributed by atoms with E-state index in [0.717, 1.165) is 10.6 Å². The number of hydrogen-bond acceptors (Lipinski definition) is 3. The van der Waals surface area contributed by atoms with Crippen molar-refractivity contribution in [3.63, 3.8) is 0 Å². The van der Waals surface area contributed by atoms with Crippen molar-refractivity contribution in [1.29, 1.82) is 0 Å². The average molecular weight is 363 g/mol. The van der Waals surface area contributed by atoms with Gasteiger partial charge in [0.15, 0.2) is 0 Å². The number of anilines is 1. The van der Waals surface area contributed by atoms with Crippen molar-refractivity contribution in [2.75, 3.05) is 5.32 Å². The SMILES string of the molecule is Cc1nc(-c2cccc(Cl)c2)sc1C(=O)Nc1ccccc1Cl. The maximum atomic E-state index is 12.5. The molecule has 0 spiro atoms. The molecule has 2 aromatic carbocycles. The number of aromatic nitrogens is 1. The number of halogens is 2. The zero-order valence-corrected chi connectivity index (χ0v) is 14.5. The van der Waals surface area contributed by atoms with Crippen LogP contribution in [0.3, 0.4) is 0 Å². The highest BCUT2D eigenvalue weighted by atomic mass is 35.5. The molecule has 0 radical (unpaired) electrons. The summed E-state index contributed by atoms with van der Waals surface area (Å²) in [6.07, 6.45) is 0. The Kier molecular flexibility index (Phi) is 4.66. The van der Waals surface area contributed by atoms with Gasteiger partial charge in [0.25, 0.3) is 5.91 Å². The van der Waals surface area contributed by atoms with Crippen molar-refractivity contribution in [3.8, 4) is 10.6 Å². The minimum absolute atomic E-state index is 0.221. The van der Waals surface area contributed by atoms with E-state index in [-0.39, 0.29) is 5.91 Å². The topological polar surface area (TPSA) is 42.0 Å². The molecule has 0 aliphatic rings. The number of carbonyl (C=O) groups excluding carboxylic acids is 1. The molecule has 0 saturated carbocycles. The van der Waals surface area contributed by atoms with Crippen LogP contribution in [0.4, 0.5) is 5.69 Å². The predicted molar refractivity (Wildman–Crippen MR) is 96.7 cm³/mol. The van der Waals surface area contributed by atoms with Crippen LogP contribution in [0.15, 0.2) is 48.5 Å². The van der Waals surface area contributed by atoms with Crippen molar-refractivity contribution in [2.45, 2.75) is 6.92 Å². The second-order valence-electron chi connectivity index (χ2n) is 4.88. The summed E-state index contributed by atoms with van der Waals surface area (Å²) in [5, 5.41) is 4.71. The Morgan fingerprint density at radius 1 is 1.13 bits per heavy atom. The Morgan fingerprint density at radius 3 is 2.65 bits per heavy atom. The fraction of sp³-hybridized carbons (Fsp3) is 0.0588. The normalized spacial score (nSPS) is 10.6. The van der Waals surface area contributed by atoms with Gasteiger partial charge < -0.3 is 5.32 Å². The first-order valence-corrected chi connectivity index (χ1v) is 8.41. The van der Waals surface area contributed by atoms with Crippen LogP contribution in [0, 0.1) is 6.92 Å². The van der Waals surface area contributed by atoms with Crippen LogP contribution >= 0.6 is 34.5 Å². The van der Waals surface area contributed by atoms with Crippen LogP contribution in [-0.4, -0.2) is 10.9 Å². The first-order chi connectivity index (χ1) is 11.0. The maximum Gasteiger partial charge on any atom is 0.267 e. The summed E-state index contributed by atoms with van der Waals surface area (Å²) in [6.45, 7) is 1.81. The number of amides is 1. The van der Waals surface area contributed by atoms with Crippen LogP contribution in [-0.2, 0) is 0 Å². The van der Waals surface area contributed by atoms with Gasteiger partial charge in [-0.1, -0.05) is 47.5 Å². The molecule has 3 aromatic rings. The highest BCUT2D eigenvalue weighted by Crippen LogP contribution is 2.30. The van der Waals surface area contributed by atoms with E-state index in [1.807, 2.05) is 37.3 Å². The van der Waals surface area contributed by atoms with Crippen molar-refractivity contribution >= 4 is 46.1 Å². The number of nitrogens with zero attached hydrogens (tertiary/aromatic N) is 1. The zero-order valence-electron chi connectivity index (χ0n) is 12.1. The van der Waals surface area contributed by atoms with E-state index in [2.05, 4.69) is 10.3 Å². The summed E-state index contributed by atoms with van der Waals surface area (Å²) >= 11 is 13.4. The van der Waals surface area contributed by atoms with Crippen LogP contribution in [0.2, 0.25) is 10.0 Å². The monoisotopic (exact) mass is 362 g/mol. The van der Waals surface area contributed by atoms with Crippen LogP contribution in [0.5, 0.6) is 0 Å². The summed E-state index contributed by atoms with van der Waals surface area (Å²) in [5.41, 5.74) is 2.15. The maximum absolute atomic E-state index is 12.5. The molecular formula is C17H12Cl2N2OS. The van der Waals surface area contributed by atoms with Crippen LogP contribution in [0.1, 0.15) is 15.4 Å². The third-order valence-corrected chi connectivity index (χ3v) is 4.97. The third kappa shape index (κ3) is 3.55. The predicted octanol–water partition coefficient (Wildman–Crippen LogP) is 5.68. The van der Waals surface area contributed by atoms with Crippen LogP contribution in [0.25, 0.3) is 10.6 Å². The Labute approximate surface area is 147 Å². The third-order valence-electron chi connectivity index (χ3n) is 3.20. The largest absolute Gasteiger partial charge is 0.320 e. The molecule has 0 unspecified atom stereocenters. The highest BCUT2D eigenvalue weighted by Gasteiger charge is 2.17. The van der Waals surface area contributed by atoms with E-state index >= 15 is 0 Å². The number of carbonyl (C=O) groups is 1. The molecule has 3 rings (SSSR count). The van der Waals surface area contributed by atoms with Crippen LogP contribution < -0.4 is 5.32 Å². The molecule has 0 saturated heterocycles. The lowest BCUT2D eigenvalue weighted by Gasteiger charge is -2.05. The van der Waals surface area contributed by atoms with Gasteiger partial charge in [-0.2, -0.15) is 0 Å². The first-order valence-electron chi connectivity index (χ1n) is 6.84. The number of benzene rings is 2. The smallest absolute Gasteiger partial charge is 0.267 e. The molecular weight excluding hydrogens is 351 g/mol. The van der Waals surface area contributed by atoms with Gasteiger partial charge in [0, 0.05) is 10.6 Å². The summed E-state index contributed by atoms with van der Waals surface area (Å²) in [7, 11) is 0. The summed E-state index contributed by atoms with van der Waals surface area (Å²) in [6, 6.07) is 14.5. The summed E-state index contributed by atoms with van der Waals surface area (Å²) in [4.78, 5) is 17.5. The van der Waals surface area contributed by atoms with Gasteiger partial charge in [-0.05, 0) is 31.2 Å². The van der Waals surface area contributed by atoms with Gasteiger partial charge in [-0.15, -0.1) is 11.3 Å². The fourth-order valence-electron chi connectivity index (χ4n) is 2.09. The highest BCUT2D eigenvalue weighted by molar-refractivity contribution is 7.17. The molecule has 116 valence electrons. The summed E-state index contributed by atoms with van der Waals surface area (Å²) in [5.74, 6) is -0.221.